The third-order valence-corrected chi connectivity index (χ3v) is 4.49. The van der Waals surface area contributed by atoms with Gasteiger partial charge in [-0.3, -0.25) is 4.79 Å². The van der Waals surface area contributed by atoms with Crippen LogP contribution in [0.25, 0.3) is 0 Å². The van der Waals surface area contributed by atoms with Crippen LogP contribution in [0.15, 0.2) is 18.2 Å². The van der Waals surface area contributed by atoms with E-state index in [1.807, 2.05) is 6.92 Å². The molecule has 1 saturated carbocycles. The summed E-state index contributed by atoms with van der Waals surface area (Å²) < 4.78 is 0. The number of benzene rings is 1. The molecule has 1 aliphatic carbocycles. The van der Waals surface area contributed by atoms with Crippen LogP contribution in [0.1, 0.15) is 56.0 Å². The maximum absolute atomic E-state index is 12.3. The average molecular weight is 305 g/mol. The van der Waals surface area contributed by atoms with E-state index in [1.165, 1.54) is 0 Å². The molecule has 1 aromatic rings. The van der Waals surface area contributed by atoms with Gasteiger partial charge >= 0.3 is 0 Å². The van der Waals surface area contributed by atoms with Crippen LogP contribution in [0, 0.1) is 17.8 Å². The van der Waals surface area contributed by atoms with Crippen LogP contribution in [0.2, 0.25) is 0 Å². The molecule has 0 spiro atoms. The summed E-state index contributed by atoms with van der Waals surface area (Å²) in [6, 6.07) is 5.00. The van der Waals surface area contributed by atoms with E-state index in [-0.39, 0.29) is 28.6 Å². The Morgan fingerprint density at radius 2 is 2.00 bits per heavy atom. The molecule has 1 fully saturated rings. The highest BCUT2D eigenvalue weighted by Gasteiger charge is 2.40. The first-order chi connectivity index (χ1) is 10.1. The van der Waals surface area contributed by atoms with Gasteiger partial charge in [0.2, 0.25) is 0 Å². The van der Waals surface area contributed by atoms with Crippen LogP contribution < -0.4 is 5.32 Å². The highest BCUT2D eigenvalue weighted by Crippen LogP contribution is 2.45. The van der Waals surface area contributed by atoms with E-state index in [0.717, 1.165) is 18.4 Å². The Morgan fingerprint density at radius 3 is 2.64 bits per heavy atom. The first-order valence-electron chi connectivity index (χ1n) is 7.86. The number of phenols is 1. The predicted molar refractivity (Wildman–Crippen MR) is 86.9 cm³/mol. The Hall–Kier alpha value is -1.55. The molecular weight excluding hydrogens is 278 g/mol. The van der Waals surface area contributed by atoms with Gasteiger partial charge in [-0.25, -0.2) is 0 Å². The van der Waals surface area contributed by atoms with Crippen molar-refractivity contribution < 1.29 is 15.0 Å². The monoisotopic (exact) mass is 305 g/mol. The summed E-state index contributed by atoms with van der Waals surface area (Å²) >= 11 is 0. The number of phenolic OH excluding ortho intramolecular Hbond substituents is 1. The molecule has 0 saturated heterocycles. The lowest BCUT2D eigenvalue weighted by Crippen LogP contribution is -2.45. The fraction of sp³-hybridized carbons (Fsp3) is 0.611. The van der Waals surface area contributed by atoms with E-state index in [0.29, 0.717) is 18.5 Å². The van der Waals surface area contributed by atoms with Gasteiger partial charge in [0, 0.05) is 6.54 Å². The van der Waals surface area contributed by atoms with Gasteiger partial charge in [0.15, 0.2) is 0 Å². The third-order valence-electron chi connectivity index (χ3n) is 4.49. The number of aliphatic hydroxyl groups is 1. The molecular formula is C18H27NO3. The van der Waals surface area contributed by atoms with Crippen molar-refractivity contribution in [3.05, 3.63) is 29.3 Å². The zero-order valence-corrected chi connectivity index (χ0v) is 13.9. The summed E-state index contributed by atoms with van der Waals surface area (Å²) in [5.41, 5.74) is 1.18. The van der Waals surface area contributed by atoms with Gasteiger partial charge in [0.05, 0.1) is 11.7 Å². The van der Waals surface area contributed by atoms with Crippen LogP contribution in [-0.4, -0.2) is 28.8 Å². The molecule has 1 aliphatic rings. The van der Waals surface area contributed by atoms with Crippen molar-refractivity contribution in [2.24, 2.45) is 10.8 Å². The van der Waals surface area contributed by atoms with Gasteiger partial charge in [0.1, 0.15) is 5.75 Å². The summed E-state index contributed by atoms with van der Waals surface area (Å²) in [7, 11) is 0. The molecule has 2 atom stereocenters. The maximum atomic E-state index is 12.3. The number of hydrogen-bond donors (Lipinski definition) is 3. The Bertz CT molecular complexity index is 567. The fourth-order valence-electron chi connectivity index (χ4n) is 3.93. The van der Waals surface area contributed by atoms with Gasteiger partial charge in [-0.1, -0.05) is 32.4 Å². The van der Waals surface area contributed by atoms with Crippen molar-refractivity contribution in [2.45, 2.75) is 53.1 Å². The lowest BCUT2D eigenvalue weighted by Gasteiger charge is -2.45. The second kappa shape index (κ2) is 5.92. The van der Waals surface area contributed by atoms with Crippen molar-refractivity contribution >= 4 is 5.91 Å². The van der Waals surface area contributed by atoms with Gasteiger partial charge in [-0.2, -0.15) is 0 Å². The van der Waals surface area contributed by atoms with E-state index >= 15 is 0 Å². The SMILES string of the molecule is Cc1ccc(O)c(C(=O)NC[C@@]2(C)C[C@H](O)CC(C)(C)C2)c1. The van der Waals surface area contributed by atoms with Gasteiger partial charge in [-0.05, 0) is 49.1 Å². The Kier molecular flexibility index (Phi) is 4.52. The Balaban J connectivity index is 2.05. The molecule has 122 valence electrons. The van der Waals surface area contributed by atoms with E-state index in [1.54, 1.807) is 18.2 Å². The molecule has 4 nitrogen and oxygen atoms in total. The number of carbonyl (C=O) groups is 1. The average Bonchev–Trinajstić information content (AvgIpc) is 2.36. The highest BCUT2D eigenvalue weighted by molar-refractivity contribution is 5.97. The summed E-state index contributed by atoms with van der Waals surface area (Å²) in [5.74, 6) is -0.266. The normalized spacial score (nSPS) is 27.4. The van der Waals surface area contributed by atoms with Gasteiger partial charge in [-0.15, -0.1) is 0 Å². The van der Waals surface area contributed by atoms with Crippen molar-refractivity contribution in [1.29, 1.82) is 0 Å². The van der Waals surface area contributed by atoms with Crippen LogP contribution in [0.5, 0.6) is 5.75 Å². The lowest BCUT2D eigenvalue weighted by atomic mass is 9.63. The van der Waals surface area contributed by atoms with E-state index < -0.39 is 0 Å². The molecule has 0 heterocycles. The number of hydrogen-bond acceptors (Lipinski definition) is 3. The largest absolute Gasteiger partial charge is 0.507 e. The van der Waals surface area contributed by atoms with Crippen LogP contribution in [-0.2, 0) is 0 Å². The van der Waals surface area contributed by atoms with Gasteiger partial charge < -0.3 is 15.5 Å². The lowest BCUT2D eigenvalue weighted by molar-refractivity contribution is -0.00840. The minimum atomic E-state index is -0.321. The summed E-state index contributed by atoms with van der Waals surface area (Å²) in [4.78, 5) is 12.3. The number of aliphatic hydroxyl groups excluding tert-OH is 1. The summed E-state index contributed by atoms with van der Waals surface area (Å²) in [6.45, 7) is 8.80. The zero-order chi connectivity index (χ0) is 16.5. The number of carbonyl (C=O) groups excluding carboxylic acids is 1. The van der Waals surface area contributed by atoms with Crippen LogP contribution >= 0.6 is 0 Å². The number of aryl methyl sites for hydroxylation is 1. The number of aromatic hydroxyl groups is 1. The quantitative estimate of drug-likeness (QED) is 0.804. The van der Waals surface area contributed by atoms with Crippen molar-refractivity contribution in [2.75, 3.05) is 6.54 Å². The fourth-order valence-corrected chi connectivity index (χ4v) is 3.93. The number of rotatable bonds is 3. The maximum Gasteiger partial charge on any atom is 0.255 e. The second-order valence-corrected chi connectivity index (χ2v) is 7.92. The number of nitrogens with one attached hydrogen (secondary N) is 1. The van der Waals surface area contributed by atoms with E-state index in [2.05, 4.69) is 26.1 Å². The molecule has 0 bridgehead atoms. The van der Waals surface area contributed by atoms with Crippen molar-refractivity contribution in [1.82, 2.24) is 5.32 Å². The standard InChI is InChI=1S/C18H27NO3/c1-12-5-6-15(21)14(7-12)16(22)19-11-18(4)9-13(20)8-17(2,3)10-18/h5-7,13,20-21H,8-11H2,1-4H3,(H,19,22)/t13-,18+/m1/s1. The molecule has 22 heavy (non-hydrogen) atoms. The minimum absolute atomic E-state index is 0.00254. The summed E-state index contributed by atoms with van der Waals surface area (Å²) in [5, 5.41) is 22.8. The molecule has 3 N–H and O–H groups in total. The molecule has 2 rings (SSSR count). The smallest absolute Gasteiger partial charge is 0.255 e. The van der Waals surface area contributed by atoms with Crippen molar-refractivity contribution in [3.63, 3.8) is 0 Å². The molecule has 1 amide bonds. The molecule has 4 heteroatoms. The molecule has 0 aromatic heterocycles. The second-order valence-electron chi connectivity index (χ2n) is 7.92. The van der Waals surface area contributed by atoms with E-state index in [4.69, 9.17) is 0 Å². The Labute approximate surface area is 132 Å². The first-order valence-corrected chi connectivity index (χ1v) is 7.86. The van der Waals surface area contributed by atoms with Crippen molar-refractivity contribution in [3.8, 4) is 5.75 Å². The molecule has 0 aliphatic heterocycles. The predicted octanol–water partition coefficient (Wildman–Crippen LogP) is 3.01. The highest BCUT2D eigenvalue weighted by atomic mass is 16.3. The molecule has 1 aromatic carbocycles. The molecule has 0 radical (unpaired) electrons. The Morgan fingerprint density at radius 1 is 1.32 bits per heavy atom. The molecule has 0 unspecified atom stereocenters. The van der Waals surface area contributed by atoms with Gasteiger partial charge in [0.25, 0.3) is 5.91 Å². The first kappa shape index (κ1) is 16.8. The minimum Gasteiger partial charge on any atom is -0.507 e. The number of amides is 1. The van der Waals surface area contributed by atoms with Crippen LogP contribution in [0.3, 0.4) is 0 Å². The van der Waals surface area contributed by atoms with E-state index in [9.17, 15) is 15.0 Å². The zero-order valence-electron chi connectivity index (χ0n) is 13.9. The van der Waals surface area contributed by atoms with Crippen LogP contribution in [0.4, 0.5) is 0 Å². The summed E-state index contributed by atoms with van der Waals surface area (Å²) in [6.07, 6.45) is 2.13. The topological polar surface area (TPSA) is 69.6 Å². The third kappa shape index (κ3) is 4.01.